The highest BCUT2D eigenvalue weighted by molar-refractivity contribution is 7.21. The summed E-state index contributed by atoms with van der Waals surface area (Å²) < 4.78 is 30.0. The minimum Gasteiger partial charge on any atom is -0.373 e. The van der Waals surface area contributed by atoms with Crippen molar-refractivity contribution in [3.05, 3.63) is 46.3 Å². The Balaban J connectivity index is 1.64. The van der Waals surface area contributed by atoms with Gasteiger partial charge in [-0.25, -0.2) is 13.8 Å². The van der Waals surface area contributed by atoms with Gasteiger partial charge in [-0.3, -0.25) is 9.20 Å². The number of carbonyl (C=O) groups excluding carboxylic acids is 1. The number of thiophene rings is 1. The van der Waals surface area contributed by atoms with Gasteiger partial charge in [0.25, 0.3) is 5.91 Å². The molecule has 0 unspecified atom stereocenters. The molecule has 0 spiro atoms. The smallest absolute Gasteiger partial charge is 0.265 e. The number of benzene rings is 1. The molecular formula is C16H12F2N4OS2. The van der Waals surface area contributed by atoms with Crippen molar-refractivity contribution in [1.29, 1.82) is 0 Å². The molecule has 4 rings (SSSR count). The number of thiazole rings is 1. The van der Waals surface area contributed by atoms with Crippen LogP contribution in [-0.4, -0.2) is 29.4 Å². The van der Waals surface area contributed by atoms with E-state index in [0.29, 0.717) is 4.88 Å². The van der Waals surface area contributed by atoms with Crippen LogP contribution in [-0.2, 0) is 0 Å². The summed E-state index contributed by atoms with van der Waals surface area (Å²) in [5.74, 6) is -1.90. The summed E-state index contributed by atoms with van der Waals surface area (Å²) >= 11 is 2.75. The monoisotopic (exact) mass is 378 g/mol. The van der Waals surface area contributed by atoms with E-state index >= 15 is 0 Å². The average Bonchev–Trinajstić information content (AvgIpc) is 3.17. The van der Waals surface area contributed by atoms with Crippen molar-refractivity contribution < 1.29 is 13.6 Å². The number of aromatic nitrogens is 2. The Bertz CT molecular complexity index is 1090. The predicted octanol–water partition coefficient (Wildman–Crippen LogP) is 4.21. The van der Waals surface area contributed by atoms with E-state index in [0.717, 1.165) is 27.4 Å². The molecule has 3 aromatic heterocycles. The number of anilines is 2. The second kappa shape index (κ2) is 5.78. The number of carbonyl (C=O) groups is 1. The standard InChI is InChI=1S/C16H12F2N4OS2/c1-21(2)13-9(17)5-8(6-10(13)18)19-14(23)12-7-11-15(25-12)20-16-22(11)3-4-24-16/h3-7H,1-2H3,(H,19,23). The third kappa shape index (κ3) is 2.65. The van der Waals surface area contributed by atoms with Crippen LogP contribution in [0.15, 0.2) is 29.8 Å². The molecule has 0 aliphatic rings. The Labute approximate surface area is 149 Å². The van der Waals surface area contributed by atoms with Crippen LogP contribution in [0.3, 0.4) is 0 Å². The fourth-order valence-corrected chi connectivity index (χ4v) is 4.31. The van der Waals surface area contributed by atoms with E-state index in [2.05, 4.69) is 10.3 Å². The largest absolute Gasteiger partial charge is 0.373 e. The van der Waals surface area contributed by atoms with Gasteiger partial charge in [0.05, 0.1) is 10.4 Å². The van der Waals surface area contributed by atoms with Gasteiger partial charge in [-0.15, -0.1) is 22.7 Å². The first kappa shape index (κ1) is 16.0. The molecule has 0 aliphatic heterocycles. The number of hydrogen-bond donors (Lipinski definition) is 1. The Morgan fingerprint density at radius 2 is 1.96 bits per heavy atom. The molecule has 1 aromatic carbocycles. The summed E-state index contributed by atoms with van der Waals surface area (Å²) in [6.07, 6.45) is 1.88. The molecule has 9 heteroatoms. The van der Waals surface area contributed by atoms with Gasteiger partial charge in [-0.05, 0) is 18.2 Å². The third-order valence-electron chi connectivity index (χ3n) is 3.69. The average molecular weight is 378 g/mol. The molecule has 1 N–H and O–H groups in total. The molecule has 5 nitrogen and oxygen atoms in total. The Morgan fingerprint density at radius 1 is 1.24 bits per heavy atom. The van der Waals surface area contributed by atoms with Gasteiger partial charge in [0.1, 0.15) is 10.5 Å². The molecule has 0 aliphatic carbocycles. The van der Waals surface area contributed by atoms with Crippen LogP contribution in [0.5, 0.6) is 0 Å². The van der Waals surface area contributed by atoms with Gasteiger partial charge in [-0.1, -0.05) is 0 Å². The molecule has 0 atom stereocenters. The van der Waals surface area contributed by atoms with Crippen LogP contribution in [0, 0.1) is 11.6 Å². The number of fused-ring (bicyclic) bond motifs is 3. The second-order valence-corrected chi connectivity index (χ2v) is 7.51. The van der Waals surface area contributed by atoms with Crippen LogP contribution in [0.25, 0.3) is 15.3 Å². The van der Waals surface area contributed by atoms with Crippen molar-refractivity contribution in [3.8, 4) is 0 Å². The van der Waals surface area contributed by atoms with Crippen LogP contribution in [0.4, 0.5) is 20.2 Å². The molecule has 4 aromatic rings. The van der Waals surface area contributed by atoms with Crippen molar-refractivity contribution >= 4 is 55.3 Å². The molecular weight excluding hydrogens is 366 g/mol. The van der Waals surface area contributed by atoms with Crippen molar-refractivity contribution in [3.63, 3.8) is 0 Å². The second-order valence-electron chi connectivity index (χ2n) is 5.61. The third-order valence-corrected chi connectivity index (χ3v) is 5.46. The number of hydrogen-bond acceptors (Lipinski definition) is 5. The van der Waals surface area contributed by atoms with Gasteiger partial charge in [0, 0.05) is 31.4 Å². The number of nitrogens with one attached hydrogen (secondary N) is 1. The molecule has 0 saturated carbocycles. The Kier molecular flexibility index (Phi) is 3.69. The van der Waals surface area contributed by atoms with Gasteiger partial charge in [0.15, 0.2) is 16.6 Å². The topological polar surface area (TPSA) is 49.6 Å². The van der Waals surface area contributed by atoms with E-state index in [1.807, 2.05) is 16.0 Å². The lowest BCUT2D eigenvalue weighted by atomic mass is 10.2. The molecule has 1 amide bonds. The van der Waals surface area contributed by atoms with E-state index in [-0.39, 0.29) is 11.4 Å². The van der Waals surface area contributed by atoms with Crippen LogP contribution >= 0.6 is 22.7 Å². The van der Waals surface area contributed by atoms with Crippen molar-refractivity contribution in [2.45, 2.75) is 0 Å². The first-order valence-corrected chi connectivity index (χ1v) is 8.96. The quantitative estimate of drug-likeness (QED) is 0.581. The fourth-order valence-electron chi connectivity index (χ4n) is 2.62. The van der Waals surface area contributed by atoms with Crippen molar-refractivity contribution in [2.75, 3.05) is 24.3 Å². The normalized spacial score (nSPS) is 11.4. The number of halogens is 2. The van der Waals surface area contributed by atoms with Gasteiger partial charge in [-0.2, -0.15) is 0 Å². The maximum absolute atomic E-state index is 14.0. The van der Waals surface area contributed by atoms with Crippen molar-refractivity contribution in [1.82, 2.24) is 9.38 Å². The summed E-state index contributed by atoms with van der Waals surface area (Å²) in [7, 11) is 3.10. The SMILES string of the molecule is CN(C)c1c(F)cc(NC(=O)c2cc3c(nc4sccn43)s2)cc1F. The van der Waals surface area contributed by atoms with Crippen LogP contribution < -0.4 is 10.2 Å². The minimum absolute atomic E-state index is 0.0694. The zero-order chi connectivity index (χ0) is 17.7. The number of amides is 1. The fraction of sp³-hybridized carbons (Fsp3) is 0.125. The highest BCUT2D eigenvalue weighted by atomic mass is 32.1. The molecule has 0 bridgehead atoms. The van der Waals surface area contributed by atoms with Crippen molar-refractivity contribution in [2.24, 2.45) is 0 Å². The lowest BCUT2D eigenvalue weighted by Gasteiger charge is -2.15. The number of nitrogens with zero attached hydrogens (tertiary/aromatic N) is 3. The summed E-state index contributed by atoms with van der Waals surface area (Å²) in [5, 5.41) is 4.45. The highest BCUT2D eigenvalue weighted by Gasteiger charge is 2.18. The first-order chi connectivity index (χ1) is 11.9. The molecule has 0 saturated heterocycles. The molecule has 3 heterocycles. The van der Waals surface area contributed by atoms with Gasteiger partial charge >= 0.3 is 0 Å². The molecule has 25 heavy (non-hydrogen) atoms. The first-order valence-electron chi connectivity index (χ1n) is 7.27. The highest BCUT2D eigenvalue weighted by Crippen LogP contribution is 2.30. The van der Waals surface area contributed by atoms with E-state index in [9.17, 15) is 13.6 Å². The summed E-state index contributed by atoms with van der Waals surface area (Å²) in [6, 6.07) is 3.93. The van der Waals surface area contributed by atoms with Gasteiger partial charge < -0.3 is 10.2 Å². The molecule has 128 valence electrons. The Hall–Kier alpha value is -2.52. The molecule has 0 radical (unpaired) electrons. The van der Waals surface area contributed by atoms with Gasteiger partial charge in [0.2, 0.25) is 0 Å². The minimum atomic E-state index is -0.734. The summed E-state index contributed by atoms with van der Waals surface area (Å²) in [6.45, 7) is 0. The zero-order valence-electron chi connectivity index (χ0n) is 13.2. The predicted molar refractivity (Wildman–Crippen MR) is 97.1 cm³/mol. The van der Waals surface area contributed by atoms with E-state index in [1.54, 1.807) is 20.2 Å². The van der Waals surface area contributed by atoms with Crippen LogP contribution in [0.1, 0.15) is 9.67 Å². The number of imidazole rings is 1. The van der Waals surface area contributed by atoms with Crippen LogP contribution in [0.2, 0.25) is 0 Å². The lowest BCUT2D eigenvalue weighted by Crippen LogP contribution is -2.15. The maximum atomic E-state index is 14.0. The lowest BCUT2D eigenvalue weighted by molar-refractivity contribution is 0.103. The summed E-state index contributed by atoms with van der Waals surface area (Å²) in [5.41, 5.74) is 0.764. The van der Waals surface area contributed by atoms with E-state index < -0.39 is 17.5 Å². The summed E-state index contributed by atoms with van der Waals surface area (Å²) in [4.78, 5) is 20.2. The number of rotatable bonds is 3. The Morgan fingerprint density at radius 3 is 2.64 bits per heavy atom. The van der Waals surface area contributed by atoms with E-state index in [1.165, 1.54) is 27.6 Å². The zero-order valence-corrected chi connectivity index (χ0v) is 14.8. The van der Waals surface area contributed by atoms with E-state index in [4.69, 9.17) is 0 Å². The maximum Gasteiger partial charge on any atom is 0.265 e. The molecule has 0 fully saturated rings.